The Hall–Kier alpha value is -0.200. The Balaban J connectivity index is 2.05. The second-order valence-corrected chi connectivity index (χ2v) is 9.26. The van der Waals surface area contributed by atoms with E-state index in [4.69, 9.17) is 16.7 Å². The summed E-state index contributed by atoms with van der Waals surface area (Å²) in [5.41, 5.74) is 11.8. The van der Waals surface area contributed by atoms with Gasteiger partial charge in [0, 0.05) is 29.4 Å². The van der Waals surface area contributed by atoms with Gasteiger partial charge in [0.15, 0.2) is 0 Å². The normalized spacial score (nSPS) is 38.5. The largest absolute Gasteiger partial charge is 0.328 e. The van der Waals surface area contributed by atoms with Crippen LogP contribution in [0.25, 0.3) is 0 Å². The Labute approximate surface area is 146 Å². The number of hydrogen-bond acceptors (Lipinski definition) is 8. The van der Waals surface area contributed by atoms with Gasteiger partial charge < -0.3 is 11.5 Å². The molecule has 8 nitrogen and oxygen atoms in total. The van der Waals surface area contributed by atoms with E-state index in [1.54, 1.807) is 0 Å². The van der Waals surface area contributed by atoms with Crippen LogP contribution in [0, 0.1) is 11.8 Å². The second-order valence-electron chi connectivity index (χ2n) is 6.69. The Morgan fingerprint density at radius 2 is 1.58 bits per heavy atom. The zero-order valence-corrected chi connectivity index (χ0v) is 15.0. The average molecular weight is 383 g/mol. The monoisotopic (exact) mass is 382 g/mol. The topological polar surface area (TPSA) is 145 Å². The van der Waals surface area contributed by atoms with Gasteiger partial charge in [-0.3, -0.25) is 4.55 Å². The van der Waals surface area contributed by atoms with Gasteiger partial charge in [-0.15, -0.1) is 4.33 Å². The van der Waals surface area contributed by atoms with E-state index in [0.29, 0.717) is 12.8 Å². The van der Waals surface area contributed by atoms with E-state index in [2.05, 4.69) is 9.37 Å². The van der Waals surface area contributed by atoms with E-state index in [-0.39, 0.29) is 35.6 Å². The molecule has 0 spiro atoms. The molecule has 2 rings (SSSR count). The molecule has 0 aromatic heterocycles. The highest BCUT2D eigenvalue weighted by Crippen LogP contribution is 2.36. The van der Waals surface area contributed by atoms with Crippen molar-refractivity contribution in [2.24, 2.45) is 23.3 Å². The van der Waals surface area contributed by atoms with Crippen LogP contribution in [0.4, 0.5) is 0 Å². The highest BCUT2D eigenvalue weighted by molar-refractivity contribution is 7.95. The molecular weight excluding hydrogens is 356 g/mol. The zero-order chi connectivity index (χ0) is 17.7. The maximum atomic E-state index is 11.6. The molecule has 0 aliphatic heterocycles. The van der Waals surface area contributed by atoms with Gasteiger partial charge in [-0.1, -0.05) is 17.2 Å². The molecule has 6 unspecified atom stereocenters. The first-order valence-corrected chi connectivity index (χ1v) is 10.4. The number of nitrogens with two attached hydrogens (primary N) is 2. The third-order valence-corrected chi connectivity index (χ3v) is 7.18. The van der Waals surface area contributed by atoms with Crippen LogP contribution in [-0.4, -0.2) is 40.8 Å². The fourth-order valence-electron chi connectivity index (χ4n) is 3.61. The summed E-state index contributed by atoms with van der Waals surface area (Å²) in [5.74, 6) is -0.126. The molecule has 10 heteroatoms. The van der Waals surface area contributed by atoms with Gasteiger partial charge in [0.25, 0.3) is 10.1 Å². The number of allylic oxidation sites excluding steroid dienone is 2. The lowest BCUT2D eigenvalue weighted by atomic mass is 9.82. The molecule has 2 aliphatic rings. The summed E-state index contributed by atoms with van der Waals surface area (Å²) >= 11 is 1.01. The molecule has 0 bridgehead atoms. The predicted octanol–water partition coefficient (Wildman–Crippen LogP) is 1.49. The lowest BCUT2D eigenvalue weighted by Gasteiger charge is -2.33. The molecule has 0 aromatic rings. The lowest BCUT2D eigenvalue weighted by Crippen LogP contribution is -2.40. The van der Waals surface area contributed by atoms with Crippen molar-refractivity contribution in [3.8, 4) is 0 Å². The average Bonchev–Trinajstić information content (AvgIpc) is 2.52. The molecule has 0 amide bonds. The van der Waals surface area contributed by atoms with Gasteiger partial charge in [-0.25, -0.2) is 5.26 Å². The van der Waals surface area contributed by atoms with Crippen molar-refractivity contribution in [1.82, 2.24) is 0 Å². The highest BCUT2D eigenvalue weighted by atomic mass is 32.2. The van der Waals surface area contributed by atoms with Crippen LogP contribution in [0.1, 0.15) is 38.5 Å². The predicted molar refractivity (Wildman–Crippen MR) is 91.3 cm³/mol. The first kappa shape index (κ1) is 20.1. The summed E-state index contributed by atoms with van der Waals surface area (Å²) < 4.78 is 37.3. The van der Waals surface area contributed by atoms with Crippen molar-refractivity contribution < 1.29 is 27.6 Å². The third-order valence-electron chi connectivity index (χ3n) is 4.95. The van der Waals surface area contributed by atoms with Crippen LogP contribution in [0.15, 0.2) is 12.2 Å². The third kappa shape index (κ3) is 5.67. The van der Waals surface area contributed by atoms with Gasteiger partial charge in [0.2, 0.25) is 0 Å². The molecule has 0 aromatic carbocycles. The summed E-state index contributed by atoms with van der Waals surface area (Å²) in [5, 5.41) is 11.2. The van der Waals surface area contributed by atoms with Gasteiger partial charge in [0.05, 0.1) is 5.25 Å². The first-order chi connectivity index (χ1) is 11.3. The number of hydrogen-bond donors (Lipinski definition) is 4. The van der Waals surface area contributed by atoms with Gasteiger partial charge >= 0.3 is 0 Å². The molecule has 6 N–H and O–H groups in total. The Morgan fingerprint density at radius 1 is 1.00 bits per heavy atom. The quantitative estimate of drug-likeness (QED) is 0.176. The standard InChI is InChI=1S/C14H26N2O6S2/c15-11-5-3-9(13(7-11)23-22-21-17)1-2-10-4-6-12(16)8-14(10)24(18,19)20/h1-2,9-14,17H,3-8,15-16H2,(H,18,19,20). The molecule has 0 radical (unpaired) electrons. The van der Waals surface area contributed by atoms with Crippen molar-refractivity contribution in [2.75, 3.05) is 0 Å². The highest BCUT2D eigenvalue weighted by Gasteiger charge is 2.36. The van der Waals surface area contributed by atoms with E-state index < -0.39 is 15.4 Å². The van der Waals surface area contributed by atoms with Crippen LogP contribution in [0.2, 0.25) is 0 Å². The fraction of sp³-hybridized carbons (Fsp3) is 0.857. The van der Waals surface area contributed by atoms with Crippen molar-refractivity contribution in [1.29, 1.82) is 0 Å². The van der Waals surface area contributed by atoms with Crippen LogP contribution in [0.5, 0.6) is 0 Å². The second kappa shape index (κ2) is 8.95. The minimum Gasteiger partial charge on any atom is -0.328 e. The minimum absolute atomic E-state index is 0.00665. The molecule has 24 heavy (non-hydrogen) atoms. The van der Waals surface area contributed by atoms with E-state index in [9.17, 15) is 13.0 Å². The molecule has 0 heterocycles. The molecule has 140 valence electrons. The maximum Gasteiger partial charge on any atom is 0.268 e. The summed E-state index contributed by atoms with van der Waals surface area (Å²) in [6.45, 7) is 0. The van der Waals surface area contributed by atoms with Crippen LogP contribution >= 0.6 is 12.0 Å². The van der Waals surface area contributed by atoms with Crippen molar-refractivity contribution in [3.05, 3.63) is 12.2 Å². The molecule has 2 aliphatic carbocycles. The van der Waals surface area contributed by atoms with E-state index in [0.717, 1.165) is 31.3 Å². The SMILES string of the molecule is NC1CCC(C=CC2CCC(N)CC2S(=O)(=O)O)C(SOOO)C1. The van der Waals surface area contributed by atoms with Crippen molar-refractivity contribution in [3.63, 3.8) is 0 Å². The fourth-order valence-corrected chi connectivity index (χ4v) is 5.60. The Morgan fingerprint density at radius 3 is 2.21 bits per heavy atom. The molecule has 6 atom stereocenters. The van der Waals surface area contributed by atoms with Crippen LogP contribution in [0.3, 0.4) is 0 Å². The van der Waals surface area contributed by atoms with E-state index in [1.165, 1.54) is 0 Å². The number of rotatable bonds is 6. The molecule has 2 fully saturated rings. The zero-order valence-electron chi connectivity index (χ0n) is 13.4. The lowest BCUT2D eigenvalue weighted by molar-refractivity contribution is -0.432. The summed E-state index contributed by atoms with van der Waals surface area (Å²) in [7, 11) is -4.13. The van der Waals surface area contributed by atoms with E-state index in [1.807, 2.05) is 12.2 Å². The Bertz CT molecular complexity index is 529. The van der Waals surface area contributed by atoms with Crippen molar-refractivity contribution >= 4 is 22.2 Å². The molecule has 2 saturated carbocycles. The first-order valence-electron chi connectivity index (χ1n) is 8.10. The molecular formula is C14H26N2O6S2. The van der Waals surface area contributed by atoms with Crippen molar-refractivity contribution in [2.45, 2.75) is 61.1 Å². The van der Waals surface area contributed by atoms with E-state index >= 15 is 0 Å². The van der Waals surface area contributed by atoms with Gasteiger partial charge in [0.1, 0.15) is 0 Å². The van der Waals surface area contributed by atoms with Crippen LogP contribution in [-0.2, 0) is 19.5 Å². The summed E-state index contributed by atoms with van der Waals surface area (Å²) in [6, 6.07) is -0.139. The maximum absolute atomic E-state index is 11.6. The Kier molecular flexibility index (Phi) is 7.50. The minimum atomic E-state index is -4.13. The smallest absolute Gasteiger partial charge is 0.268 e. The summed E-state index contributed by atoms with van der Waals surface area (Å²) in [6.07, 6.45) is 7.89. The summed E-state index contributed by atoms with van der Waals surface area (Å²) in [4.78, 5) is 0. The van der Waals surface area contributed by atoms with Gasteiger partial charge in [-0.05, 0) is 50.4 Å². The van der Waals surface area contributed by atoms with Gasteiger partial charge in [-0.2, -0.15) is 8.42 Å². The molecule has 0 saturated heterocycles. The van der Waals surface area contributed by atoms with Crippen LogP contribution < -0.4 is 11.5 Å².